The Hall–Kier alpha value is -0.930. The molecule has 0 heterocycles. The maximum absolute atomic E-state index is 12.7. The molecule has 0 radical (unpaired) electrons. The van der Waals surface area contributed by atoms with E-state index in [4.69, 9.17) is 0 Å². The maximum atomic E-state index is 12.7. The van der Waals surface area contributed by atoms with Crippen LogP contribution in [-0.2, 0) is 4.79 Å². The molecule has 0 bridgehead atoms. The Kier molecular flexibility index (Phi) is 10.3. The smallest absolute Gasteiger partial charge is 0.164 e. The molecule has 136 valence electrons. The van der Waals surface area contributed by atoms with E-state index < -0.39 is 24.2 Å². The van der Waals surface area contributed by atoms with Crippen molar-refractivity contribution < 1.29 is 18.7 Å². The van der Waals surface area contributed by atoms with Crippen LogP contribution in [0, 0.1) is 10.8 Å². The van der Waals surface area contributed by atoms with Gasteiger partial charge in [0.05, 0.1) is 13.3 Å². The molecule has 0 aromatic rings. The molecule has 0 spiro atoms. The second-order valence-corrected chi connectivity index (χ2v) is 7.10. The van der Waals surface area contributed by atoms with Crippen molar-refractivity contribution >= 4 is 5.78 Å². The van der Waals surface area contributed by atoms with Gasteiger partial charge in [0, 0.05) is 16.9 Å². The summed E-state index contributed by atoms with van der Waals surface area (Å²) in [5, 5.41) is 10.5. The van der Waals surface area contributed by atoms with Gasteiger partial charge in [-0.15, -0.1) is 0 Å². The van der Waals surface area contributed by atoms with E-state index >= 15 is 0 Å². The summed E-state index contributed by atoms with van der Waals surface area (Å²) in [6, 6.07) is 0. The average molecular weight is 332 g/mol. The van der Waals surface area contributed by atoms with Gasteiger partial charge in [-0.3, -0.25) is 13.6 Å². The van der Waals surface area contributed by atoms with E-state index in [1.165, 1.54) is 6.08 Å². The van der Waals surface area contributed by atoms with Crippen molar-refractivity contribution in [2.75, 3.05) is 13.3 Å². The van der Waals surface area contributed by atoms with E-state index in [1.54, 1.807) is 0 Å². The number of hydrogen-bond donors (Lipinski definition) is 1. The minimum Gasteiger partial charge on any atom is -0.512 e. The minimum atomic E-state index is -0.637. The summed E-state index contributed by atoms with van der Waals surface area (Å²) in [7, 11) is 0. The monoisotopic (exact) mass is 332 g/mol. The van der Waals surface area contributed by atoms with E-state index in [1.807, 2.05) is 27.7 Å². The molecular formula is C19H34F2O2. The minimum absolute atomic E-state index is 0.0420. The van der Waals surface area contributed by atoms with Crippen LogP contribution in [0.3, 0.4) is 0 Å². The van der Waals surface area contributed by atoms with Gasteiger partial charge >= 0.3 is 0 Å². The van der Waals surface area contributed by atoms with Crippen LogP contribution in [0.1, 0.15) is 79.1 Å². The number of halogens is 2. The molecule has 2 unspecified atom stereocenters. The van der Waals surface area contributed by atoms with Gasteiger partial charge in [-0.2, -0.15) is 0 Å². The molecule has 2 nitrogen and oxygen atoms in total. The Labute approximate surface area is 140 Å². The Balaban J connectivity index is 5.30. The third-order valence-corrected chi connectivity index (χ3v) is 4.81. The highest BCUT2D eigenvalue weighted by Gasteiger charge is 2.34. The summed E-state index contributed by atoms with van der Waals surface area (Å²) in [5.74, 6) is -0.103. The number of carbonyl (C=O) groups excluding carboxylic acids is 1. The first kappa shape index (κ1) is 22.1. The average Bonchev–Trinajstić information content (AvgIpc) is 2.51. The van der Waals surface area contributed by atoms with Gasteiger partial charge in [0.25, 0.3) is 0 Å². The molecule has 1 N–H and O–H groups in total. The predicted octanol–water partition coefficient (Wildman–Crippen LogP) is 6.11. The van der Waals surface area contributed by atoms with Gasteiger partial charge < -0.3 is 5.11 Å². The van der Waals surface area contributed by atoms with Gasteiger partial charge in [-0.1, -0.05) is 40.5 Å². The first-order valence-electron chi connectivity index (χ1n) is 8.87. The number of allylic oxidation sites excluding steroid dienone is 2. The Morgan fingerprint density at radius 3 is 1.78 bits per heavy atom. The second-order valence-electron chi connectivity index (χ2n) is 7.10. The number of ketones is 1. The van der Waals surface area contributed by atoms with Crippen LogP contribution < -0.4 is 0 Å². The Bertz CT molecular complexity index is 382. The van der Waals surface area contributed by atoms with Crippen LogP contribution in [0.4, 0.5) is 8.78 Å². The zero-order valence-electron chi connectivity index (χ0n) is 15.3. The summed E-state index contributed by atoms with van der Waals surface area (Å²) in [5.41, 5.74) is -1.20. The molecule has 0 fully saturated rings. The lowest BCUT2D eigenvalue weighted by molar-refractivity contribution is -0.124. The van der Waals surface area contributed by atoms with Crippen molar-refractivity contribution in [1.82, 2.24) is 0 Å². The summed E-state index contributed by atoms with van der Waals surface area (Å²) < 4.78 is 25.0. The molecular weight excluding hydrogens is 298 g/mol. The Morgan fingerprint density at radius 2 is 1.35 bits per heavy atom. The standard InChI is InChI=1S/C19H34F2O2/c1-5-9-18(3,11-7-13-20)16(22)15-17(23)19(4,10-6-2)12-8-14-21/h15,22H,5-14H2,1-4H3/b16-15-. The van der Waals surface area contributed by atoms with Crippen LogP contribution in [-0.4, -0.2) is 24.2 Å². The van der Waals surface area contributed by atoms with E-state index in [0.29, 0.717) is 38.5 Å². The highest BCUT2D eigenvalue weighted by molar-refractivity contribution is 5.95. The van der Waals surface area contributed by atoms with Crippen LogP contribution in [0.5, 0.6) is 0 Å². The molecule has 0 rings (SSSR count). The molecule has 0 saturated heterocycles. The summed E-state index contributed by atoms with van der Waals surface area (Å²) in [6.45, 7) is 6.86. The summed E-state index contributed by atoms with van der Waals surface area (Å²) >= 11 is 0. The summed E-state index contributed by atoms with van der Waals surface area (Å²) in [6.07, 6.45) is 6.10. The van der Waals surface area contributed by atoms with Crippen LogP contribution in [0.25, 0.3) is 0 Å². The SMILES string of the molecule is CCCC(C)(CCCF)C(=O)/C=C(\O)C(C)(CCC)CCCF. The fourth-order valence-corrected chi connectivity index (χ4v) is 3.24. The first-order valence-corrected chi connectivity index (χ1v) is 8.87. The van der Waals surface area contributed by atoms with Gasteiger partial charge in [0.1, 0.15) is 5.76 Å². The molecule has 4 heteroatoms. The van der Waals surface area contributed by atoms with Crippen molar-refractivity contribution in [1.29, 1.82) is 0 Å². The molecule has 0 aromatic heterocycles. The second kappa shape index (κ2) is 10.8. The topological polar surface area (TPSA) is 37.3 Å². The quantitative estimate of drug-likeness (QED) is 0.326. The summed E-state index contributed by atoms with van der Waals surface area (Å²) in [4.78, 5) is 12.7. The number of hydrogen-bond acceptors (Lipinski definition) is 2. The first-order chi connectivity index (χ1) is 10.8. The molecule has 0 aliphatic carbocycles. The molecule has 0 saturated carbocycles. The predicted molar refractivity (Wildman–Crippen MR) is 92.2 cm³/mol. The molecule has 23 heavy (non-hydrogen) atoms. The van der Waals surface area contributed by atoms with E-state index in [0.717, 1.165) is 12.8 Å². The highest BCUT2D eigenvalue weighted by Crippen LogP contribution is 2.38. The van der Waals surface area contributed by atoms with Crippen molar-refractivity contribution in [3.8, 4) is 0 Å². The van der Waals surface area contributed by atoms with Gasteiger partial charge in [0.2, 0.25) is 0 Å². The van der Waals surface area contributed by atoms with E-state index in [9.17, 15) is 18.7 Å². The number of aliphatic hydroxyl groups excluding tert-OH is 1. The third kappa shape index (κ3) is 7.01. The largest absolute Gasteiger partial charge is 0.512 e. The van der Waals surface area contributed by atoms with Gasteiger partial charge in [0.15, 0.2) is 5.78 Å². The van der Waals surface area contributed by atoms with Crippen LogP contribution in [0.2, 0.25) is 0 Å². The maximum Gasteiger partial charge on any atom is 0.164 e. The fraction of sp³-hybridized carbons (Fsp3) is 0.842. The lowest BCUT2D eigenvalue weighted by Crippen LogP contribution is -2.29. The van der Waals surface area contributed by atoms with Crippen LogP contribution >= 0.6 is 0 Å². The zero-order chi connectivity index (χ0) is 17.9. The molecule has 2 atom stereocenters. The van der Waals surface area contributed by atoms with E-state index in [2.05, 4.69) is 0 Å². The number of rotatable bonds is 13. The van der Waals surface area contributed by atoms with Crippen molar-refractivity contribution in [3.63, 3.8) is 0 Å². The fourth-order valence-electron chi connectivity index (χ4n) is 3.24. The number of alkyl halides is 2. The Morgan fingerprint density at radius 1 is 0.913 bits per heavy atom. The highest BCUT2D eigenvalue weighted by atomic mass is 19.1. The van der Waals surface area contributed by atoms with Gasteiger partial charge in [-0.05, 0) is 38.5 Å². The van der Waals surface area contributed by atoms with Crippen molar-refractivity contribution in [3.05, 3.63) is 11.8 Å². The molecule has 0 amide bonds. The van der Waals surface area contributed by atoms with Gasteiger partial charge in [-0.25, -0.2) is 0 Å². The number of carbonyl (C=O) groups is 1. The normalized spacial score (nSPS) is 17.6. The molecule has 0 aliphatic rings. The van der Waals surface area contributed by atoms with Crippen molar-refractivity contribution in [2.24, 2.45) is 10.8 Å². The molecule has 0 aromatic carbocycles. The van der Waals surface area contributed by atoms with E-state index in [-0.39, 0.29) is 11.5 Å². The zero-order valence-corrected chi connectivity index (χ0v) is 15.3. The lowest BCUT2D eigenvalue weighted by Gasteiger charge is -2.30. The van der Waals surface area contributed by atoms with Crippen molar-refractivity contribution in [2.45, 2.75) is 79.1 Å². The lowest BCUT2D eigenvalue weighted by atomic mass is 9.74. The third-order valence-electron chi connectivity index (χ3n) is 4.81. The number of aliphatic hydroxyl groups is 1. The van der Waals surface area contributed by atoms with Crippen LogP contribution in [0.15, 0.2) is 11.8 Å². The molecule has 0 aliphatic heterocycles.